The summed E-state index contributed by atoms with van der Waals surface area (Å²) in [6.45, 7) is 0. The van der Waals surface area contributed by atoms with Crippen molar-refractivity contribution < 1.29 is 9.84 Å². The van der Waals surface area contributed by atoms with Crippen LogP contribution in [0.2, 0.25) is 10.0 Å². The van der Waals surface area contributed by atoms with Gasteiger partial charge in [0.2, 0.25) is 5.82 Å². The molecule has 0 aliphatic rings. The van der Waals surface area contributed by atoms with E-state index in [2.05, 4.69) is 20.6 Å². The summed E-state index contributed by atoms with van der Waals surface area (Å²) >= 11 is 11.8. The van der Waals surface area contributed by atoms with Gasteiger partial charge in [0.05, 0.1) is 5.56 Å². The fourth-order valence-electron chi connectivity index (χ4n) is 1.74. The largest absolute Gasteiger partial charge is 0.504 e. The fourth-order valence-corrected chi connectivity index (χ4v) is 2.08. The maximum atomic E-state index is 9.84. The molecular formula is C13H8Cl2N4O2. The third kappa shape index (κ3) is 2.91. The first-order chi connectivity index (χ1) is 10.1. The minimum absolute atomic E-state index is 0.0727. The molecule has 0 aliphatic carbocycles. The number of halogens is 2. The van der Waals surface area contributed by atoms with Crippen molar-refractivity contribution in [2.75, 3.05) is 0 Å². The van der Waals surface area contributed by atoms with Crippen LogP contribution in [0.25, 0.3) is 11.4 Å². The van der Waals surface area contributed by atoms with Gasteiger partial charge in [-0.15, -0.1) is 10.2 Å². The van der Waals surface area contributed by atoms with Gasteiger partial charge in [0, 0.05) is 16.1 Å². The van der Waals surface area contributed by atoms with Crippen molar-refractivity contribution in [3.05, 3.63) is 46.4 Å². The van der Waals surface area contributed by atoms with Gasteiger partial charge in [-0.25, -0.2) is 0 Å². The number of nitrogens with zero attached hydrogens (tertiary/aromatic N) is 3. The van der Waals surface area contributed by atoms with Gasteiger partial charge < -0.3 is 9.84 Å². The van der Waals surface area contributed by atoms with Crippen LogP contribution in [0.4, 0.5) is 0 Å². The van der Waals surface area contributed by atoms with Gasteiger partial charge in [-0.1, -0.05) is 23.2 Å². The Balaban J connectivity index is 2.03. The van der Waals surface area contributed by atoms with E-state index in [0.29, 0.717) is 27.2 Å². The molecule has 0 bridgehead atoms. The summed E-state index contributed by atoms with van der Waals surface area (Å²) in [6, 6.07) is 9.53. The van der Waals surface area contributed by atoms with E-state index in [4.69, 9.17) is 27.9 Å². The topological polar surface area (TPSA) is 83.9 Å². The van der Waals surface area contributed by atoms with Crippen LogP contribution in [0, 0.1) is 0 Å². The highest BCUT2D eigenvalue weighted by Crippen LogP contribution is 2.37. The van der Waals surface area contributed by atoms with Crippen LogP contribution in [0.3, 0.4) is 0 Å². The molecule has 8 heteroatoms. The molecular weight excluding hydrogens is 315 g/mol. The van der Waals surface area contributed by atoms with Gasteiger partial charge in [-0.3, -0.25) is 0 Å². The second-order valence-electron chi connectivity index (χ2n) is 4.09. The standard InChI is InChI=1S/C13H8Cl2N4O2/c14-7-1-3-11(9(5-7)13-16-18-19-17-13)21-12-4-2-8(15)6-10(12)20/h1-6,20H,(H,16,17,18,19). The number of hydrogen-bond acceptors (Lipinski definition) is 5. The molecule has 0 spiro atoms. The van der Waals surface area contributed by atoms with Crippen molar-refractivity contribution in [1.29, 1.82) is 0 Å². The van der Waals surface area contributed by atoms with Crippen molar-refractivity contribution in [3.63, 3.8) is 0 Å². The van der Waals surface area contributed by atoms with E-state index in [1.807, 2.05) is 0 Å². The monoisotopic (exact) mass is 322 g/mol. The van der Waals surface area contributed by atoms with Crippen LogP contribution in [0.1, 0.15) is 0 Å². The number of ether oxygens (including phenoxy) is 1. The summed E-state index contributed by atoms with van der Waals surface area (Å²) in [4.78, 5) is 0. The number of tetrazole rings is 1. The van der Waals surface area contributed by atoms with Crippen LogP contribution in [0.15, 0.2) is 36.4 Å². The van der Waals surface area contributed by atoms with E-state index in [1.165, 1.54) is 6.07 Å². The minimum atomic E-state index is -0.0727. The van der Waals surface area contributed by atoms with E-state index in [9.17, 15) is 5.11 Å². The van der Waals surface area contributed by atoms with E-state index < -0.39 is 0 Å². The first-order valence-corrected chi connectivity index (χ1v) is 6.59. The van der Waals surface area contributed by atoms with Crippen LogP contribution in [-0.2, 0) is 0 Å². The molecule has 0 fully saturated rings. The Morgan fingerprint density at radius 1 is 1.00 bits per heavy atom. The number of aromatic nitrogens is 4. The van der Waals surface area contributed by atoms with Crippen molar-refractivity contribution in [3.8, 4) is 28.6 Å². The van der Waals surface area contributed by atoms with Gasteiger partial charge in [-0.2, -0.15) is 5.21 Å². The quantitative estimate of drug-likeness (QED) is 0.768. The second-order valence-corrected chi connectivity index (χ2v) is 4.96. The second kappa shape index (κ2) is 5.59. The van der Waals surface area contributed by atoms with Crippen LogP contribution in [-0.4, -0.2) is 25.7 Å². The Kier molecular flexibility index (Phi) is 3.64. The number of benzene rings is 2. The molecule has 1 heterocycles. The number of hydrogen-bond donors (Lipinski definition) is 2. The van der Waals surface area contributed by atoms with E-state index in [0.717, 1.165) is 0 Å². The zero-order chi connectivity index (χ0) is 14.8. The number of rotatable bonds is 3. The molecule has 0 atom stereocenters. The lowest BCUT2D eigenvalue weighted by Gasteiger charge is -2.11. The zero-order valence-corrected chi connectivity index (χ0v) is 11.9. The lowest BCUT2D eigenvalue weighted by Crippen LogP contribution is -1.90. The third-order valence-electron chi connectivity index (χ3n) is 2.67. The molecule has 106 valence electrons. The van der Waals surface area contributed by atoms with Gasteiger partial charge in [0.1, 0.15) is 5.75 Å². The van der Waals surface area contributed by atoms with Crippen LogP contribution in [0.5, 0.6) is 17.2 Å². The summed E-state index contributed by atoms with van der Waals surface area (Å²) < 4.78 is 5.69. The van der Waals surface area contributed by atoms with Gasteiger partial charge in [0.25, 0.3) is 0 Å². The molecule has 21 heavy (non-hydrogen) atoms. The third-order valence-corrected chi connectivity index (χ3v) is 3.14. The first kappa shape index (κ1) is 13.7. The summed E-state index contributed by atoms with van der Waals surface area (Å²) in [6.07, 6.45) is 0. The lowest BCUT2D eigenvalue weighted by atomic mass is 10.2. The molecule has 2 aromatic carbocycles. The molecule has 0 aliphatic heterocycles. The zero-order valence-electron chi connectivity index (χ0n) is 10.4. The molecule has 1 aromatic heterocycles. The Labute approximate surface area is 129 Å². The van der Waals surface area contributed by atoms with E-state index in [1.54, 1.807) is 30.3 Å². The first-order valence-electron chi connectivity index (χ1n) is 5.83. The van der Waals surface area contributed by atoms with Gasteiger partial charge in [-0.05, 0) is 35.5 Å². The smallest absolute Gasteiger partial charge is 0.208 e. The maximum absolute atomic E-state index is 9.84. The van der Waals surface area contributed by atoms with Crippen molar-refractivity contribution in [2.45, 2.75) is 0 Å². The summed E-state index contributed by atoms with van der Waals surface area (Å²) in [5.41, 5.74) is 0.547. The molecule has 0 saturated heterocycles. The predicted molar refractivity (Wildman–Crippen MR) is 77.8 cm³/mol. The molecule has 0 radical (unpaired) electrons. The SMILES string of the molecule is Oc1cc(Cl)ccc1Oc1ccc(Cl)cc1-c1nn[nH]n1. The Hall–Kier alpha value is -2.31. The Morgan fingerprint density at radius 3 is 2.38 bits per heavy atom. The summed E-state index contributed by atoms with van der Waals surface area (Å²) in [5, 5.41) is 24.4. The fraction of sp³-hybridized carbons (Fsp3) is 0. The number of phenols is 1. The Morgan fingerprint density at radius 2 is 1.71 bits per heavy atom. The predicted octanol–water partition coefficient (Wildman–Crippen LogP) is 3.67. The molecule has 2 N–H and O–H groups in total. The number of nitrogens with one attached hydrogen (secondary N) is 1. The average Bonchev–Trinajstić information content (AvgIpc) is 2.97. The number of aromatic amines is 1. The molecule has 3 aromatic rings. The van der Waals surface area contributed by atoms with Crippen LogP contribution < -0.4 is 4.74 Å². The molecule has 0 saturated carbocycles. The number of H-pyrrole nitrogens is 1. The molecule has 6 nitrogen and oxygen atoms in total. The van der Waals surface area contributed by atoms with E-state index >= 15 is 0 Å². The summed E-state index contributed by atoms with van der Waals surface area (Å²) in [7, 11) is 0. The number of aromatic hydroxyl groups is 1. The van der Waals surface area contributed by atoms with Crippen molar-refractivity contribution >= 4 is 23.2 Å². The highest BCUT2D eigenvalue weighted by Gasteiger charge is 2.14. The van der Waals surface area contributed by atoms with Gasteiger partial charge in [0.15, 0.2) is 11.5 Å². The van der Waals surface area contributed by atoms with Crippen LogP contribution >= 0.6 is 23.2 Å². The average molecular weight is 323 g/mol. The highest BCUT2D eigenvalue weighted by molar-refractivity contribution is 6.31. The normalized spacial score (nSPS) is 10.6. The summed E-state index contributed by atoms with van der Waals surface area (Å²) in [5.74, 6) is 0.947. The molecule has 0 amide bonds. The Bertz CT molecular complexity index is 778. The molecule has 0 unspecified atom stereocenters. The molecule has 3 rings (SSSR count). The van der Waals surface area contributed by atoms with Gasteiger partial charge >= 0.3 is 0 Å². The number of phenolic OH excluding ortho intramolecular Hbond substituents is 1. The maximum Gasteiger partial charge on any atom is 0.208 e. The van der Waals surface area contributed by atoms with E-state index in [-0.39, 0.29) is 11.5 Å². The minimum Gasteiger partial charge on any atom is -0.504 e. The van der Waals surface area contributed by atoms with Crippen molar-refractivity contribution in [2.24, 2.45) is 0 Å². The lowest BCUT2D eigenvalue weighted by molar-refractivity contribution is 0.412. The van der Waals surface area contributed by atoms with Crippen molar-refractivity contribution in [1.82, 2.24) is 20.6 Å². The highest BCUT2D eigenvalue weighted by atomic mass is 35.5.